The van der Waals surface area contributed by atoms with E-state index in [2.05, 4.69) is 6.07 Å². The summed E-state index contributed by atoms with van der Waals surface area (Å²) in [4.78, 5) is 12.0. The minimum Gasteiger partial charge on any atom is -0.461 e. The van der Waals surface area contributed by atoms with Crippen molar-refractivity contribution in [2.45, 2.75) is 20.4 Å². The van der Waals surface area contributed by atoms with Gasteiger partial charge in [-0.25, -0.2) is 4.79 Å². The number of hydrogen-bond acceptors (Lipinski definition) is 3. The number of nitrogens with zero attached hydrogens (tertiary/aromatic N) is 2. The van der Waals surface area contributed by atoms with E-state index in [0.717, 1.165) is 10.9 Å². The fraction of sp³-hybridized carbons (Fsp3) is 0.286. The van der Waals surface area contributed by atoms with Crippen molar-refractivity contribution in [3.63, 3.8) is 0 Å². The van der Waals surface area contributed by atoms with Gasteiger partial charge in [0.25, 0.3) is 0 Å². The maximum Gasteiger partial charge on any atom is 0.356 e. The standard InChI is InChI=1S/C14H14N2O2/c1-3-16-12-8-6-5-7-10(12)11(9-15)13(16)14(17)18-4-2/h5-8H,3-4H2,1-2H3. The molecule has 1 heterocycles. The van der Waals surface area contributed by atoms with Crippen molar-refractivity contribution in [2.24, 2.45) is 0 Å². The Morgan fingerprint density at radius 2 is 2.11 bits per heavy atom. The smallest absolute Gasteiger partial charge is 0.356 e. The fourth-order valence-corrected chi connectivity index (χ4v) is 2.16. The zero-order valence-corrected chi connectivity index (χ0v) is 10.4. The molecule has 4 nitrogen and oxygen atoms in total. The van der Waals surface area contributed by atoms with Crippen molar-refractivity contribution in [2.75, 3.05) is 6.61 Å². The number of carbonyl (C=O) groups is 1. The van der Waals surface area contributed by atoms with Crippen molar-refractivity contribution in [3.8, 4) is 6.07 Å². The molecule has 2 rings (SSSR count). The van der Waals surface area contributed by atoms with Crippen molar-refractivity contribution in [1.29, 1.82) is 5.26 Å². The van der Waals surface area contributed by atoms with Crippen molar-refractivity contribution in [1.82, 2.24) is 4.57 Å². The van der Waals surface area contributed by atoms with Crippen LogP contribution in [0.15, 0.2) is 24.3 Å². The number of fused-ring (bicyclic) bond motifs is 1. The zero-order chi connectivity index (χ0) is 13.1. The molecule has 0 aliphatic rings. The van der Waals surface area contributed by atoms with Gasteiger partial charge in [0.05, 0.1) is 17.7 Å². The number of para-hydroxylation sites is 1. The van der Waals surface area contributed by atoms with Crippen LogP contribution in [-0.2, 0) is 11.3 Å². The predicted octanol–water partition coefficient (Wildman–Crippen LogP) is 2.71. The molecule has 92 valence electrons. The molecule has 0 spiro atoms. The second-order valence-corrected chi connectivity index (χ2v) is 3.82. The van der Waals surface area contributed by atoms with Gasteiger partial charge in [-0.2, -0.15) is 5.26 Å². The molecular formula is C14H14N2O2. The SMILES string of the molecule is CCOC(=O)c1c(C#N)c2ccccc2n1CC. The second-order valence-electron chi connectivity index (χ2n) is 3.82. The molecule has 2 aromatic rings. The van der Waals surface area contributed by atoms with Crippen LogP contribution in [0.4, 0.5) is 0 Å². The number of esters is 1. The number of aryl methyl sites for hydroxylation is 1. The molecule has 0 saturated carbocycles. The summed E-state index contributed by atoms with van der Waals surface area (Å²) in [5, 5.41) is 10.1. The summed E-state index contributed by atoms with van der Waals surface area (Å²) in [5.74, 6) is -0.438. The summed E-state index contributed by atoms with van der Waals surface area (Å²) in [6.45, 7) is 4.62. The summed E-state index contributed by atoms with van der Waals surface area (Å²) in [6, 6.07) is 9.62. The highest BCUT2D eigenvalue weighted by molar-refractivity contribution is 6.01. The van der Waals surface area contributed by atoms with E-state index in [1.165, 1.54) is 0 Å². The van der Waals surface area contributed by atoms with Crippen LogP contribution in [0.2, 0.25) is 0 Å². The molecule has 0 saturated heterocycles. The monoisotopic (exact) mass is 242 g/mol. The number of rotatable bonds is 3. The molecule has 1 aromatic carbocycles. The molecule has 0 aliphatic heterocycles. The molecule has 0 aliphatic carbocycles. The van der Waals surface area contributed by atoms with Crippen LogP contribution >= 0.6 is 0 Å². The zero-order valence-electron chi connectivity index (χ0n) is 10.4. The summed E-state index contributed by atoms with van der Waals surface area (Å²) in [6.07, 6.45) is 0. The molecule has 0 atom stereocenters. The summed E-state index contributed by atoms with van der Waals surface area (Å²) < 4.78 is 6.86. The first-order chi connectivity index (χ1) is 8.74. The van der Waals surface area contributed by atoms with Crippen molar-refractivity contribution < 1.29 is 9.53 Å². The lowest BCUT2D eigenvalue weighted by atomic mass is 10.1. The Morgan fingerprint density at radius 3 is 2.72 bits per heavy atom. The molecule has 18 heavy (non-hydrogen) atoms. The van der Waals surface area contributed by atoms with Gasteiger partial charge in [-0.15, -0.1) is 0 Å². The number of aromatic nitrogens is 1. The number of nitriles is 1. The first-order valence-corrected chi connectivity index (χ1v) is 5.93. The topological polar surface area (TPSA) is 55.0 Å². The lowest BCUT2D eigenvalue weighted by molar-refractivity contribution is 0.0514. The molecule has 0 amide bonds. The molecular weight excluding hydrogens is 228 g/mol. The predicted molar refractivity (Wildman–Crippen MR) is 68.3 cm³/mol. The van der Waals surface area contributed by atoms with Gasteiger partial charge < -0.3 is 9.30 Å². The average Bonchev–Trinajstić information content (AvgIpc) is 2.72. The third-order valence-electron chi connectivity index (χ3n) is 2.87. The van der Waals surface area contributed by atoms with Crippen LogP contribution in [0.3, 0.4) is 0 Å². The molecule has 0 radical (unpaired) electrons. The molecule has 0 unspecified atom stereocenters. The van der Waals surface area contributed by atoms with E-state index in [1.807, 2.05) is 35.8 Å². The van der Waals surface area contributed by atoms with Crippen LogP contribution in [-0.4, -0.2) is 17.1 Å². The molecule has 0 N–H and O–H groups in total. The van der Waals surface area contributed by atoms with Crippen LogP contribution < -0.4 is 0 Å². The van der Waals surface area contributed by atoms with E-state index in [9.17, 15) is 10.1 Å². The van der Waals surface area contributed by atoms with Gasteiger partial charge in [-0.3, -0.25) is 0 Å². The number of carbonyl (C=O) groups excluding carboxylic acids is 1. The Kier molecular flexibility index (Phi) is 3.33. The number of benzene rings is 1. The highest BCUT2D eigenvalue weighted by Gasteiger charge is 2.22. The van der Waals surface area contributed by atoms with Crippen LogP contribution in [0.1, 0.15) is 29.9 Å². The molecule has 4 heteroatoms. The summed E-state index contributed by atoms with van der Waals surface area (Å²) in [5.41, 5.74) is 1.63. The molecule has 0 fully saturated rings. The minimum absolute atomic E-state index is 0.301. The maximum atomic E-state index is 12.0. The van der Waals surface area contributed by atoms with E-state index < -0.39 is 5.97 Å². The Morgan fingerprint density at radius 1 is 1.39 bits per heavy atom. The van der Waals surface area contributed by atoms with Crippen LogP contribution in [0.25, 0.3) is 10.9 Å². The molecule has 0 bridgehead atoms. The largest absolute Gasteiger partial charge is 0.461 e. The summed E-state index contributed by atoms with van der Waals surface area (Å²) in [7, 11) is 0. The van der Waals surface area contributed by atoms with E-state index in [-0.39, 0.29) is 0 Å². The number of hydrogen-bond donors (Lipinski definition) is 0. The minimum atomic E-state index is -0.438. The van der Waals surface area contributed by atoms with E-state index in [1.54, 1.807) is 6.92 Å². The highest BCUT2D eigenvalue weighted by atomic mass is 16.5. The third kappa shape index (κ3) is 1.74. The highest BCUT2D eigenvalue weighted by Crippen LogP contribution is 2.26. The normalized spacial score (nSPS) is 10.3. The van der Waals surface area contributed by atoms with Gasteiger partial charge in [-0.05, 0) is 19.9 Å². The fourth-order valence-electron chi connectivity index (χ4n) is 2.16. The van der Waals surface area contributed by atoms with Gasteiger partial charge >= 0.3 is 5.97 Å². The summed E-state index contributed by atoms with van der Waals surface area (Å²) >= 11 is 0. The second kappa shape index (κ2) is 4.92. The average molecular weight is 242 g/mol. The molecule has 1 aromatic heterocycles. The van der Waals surface area contributed by atoms with E-state index in [4.69, 9.17) is 4.74 Å². The Balaban J connectivity index is 2.78. The third-order valence-corrected chi connectivity index (χ3v) is 2.87. The van der Waals surface area contributed by atoms with Crippen molar-refractivity contribution >= 4 is 16.9 Å². The van der Waals surface area contributed by atoms with Crippen LogP contribution in [0.5, 0.6) is 0 Å². The van der Waals surface area contributed by atoms with Crippen molar-refractivity contribution in [3.05, 3.63) is 35.5 Å². The maximum absolute atomic E-state index is 12.0. The van der Waals surface area contributed by atoms with Gasteiger partial charge in [-0.1, -0.05) is 18.2 Å². The Hall–Kier alpha value is -2.28. The Labute approximate surface area is 105 Å². The van der Waals surface area contributed by atoms with Gasteiger partial charge in [0.1, 0.15) is 11.8 Å². The number of ether oxygens (including phenoxy) is 1. The quantitative estimate of drug-likeness (QED) is 0.777. The van der Waals surface area contributed by atoms with E-state index >= 15 is 0 Å². The lowest BCUT2D eigenvalue weighted by Crippen LogP contribution is -2.12. The lowest BCUT2D eigenvalue weighted by Gasteiger charge is -2.07. The van der Waals surface area contributed by atoms with Crippen LogP contribution in [0, 0.1) is 11.3 Å². The first-order valence-electron chi connectivity index (χ1n) is 5.93. The van der Waals surface area contributed by atoms with Gasteiger partial charge in [0, 0.05) is 11.9 Å². The van der Waals surface area contributed by atoms with Gasteiger partial charge in [0.15, 0.2) is 0 Å². The Bertz CT molecular complexity index is 635. The van der Waals surface area contributed by atoms with Gasteiger partial charge in [0.2, 0.25) is 0 Å². The first kappa shape index (κ1) is 12.2. The van der Waals surface area contributed by atoms with E-state index in [0.29, 0.717) is 24.4 Å².